The molecule has 0 saturated heterocycles. The summed E-state index contributed by atoms with van der Waals surface area (Å²) in [6.07, 6.45) is -3.81. The van der Waals surface area contributed by atoms with Crippen LogP contribution < -0.4 is 5.32 Å². The zero-order valence-corrected chi connectivity index (χ0v) is 22.3. The minimum Gasteiger partial charge on any atom is -0.331 e. The predicted octanol–water partition coefficient (Wildman–Crippen LogP) is 7.61. The van der Waals surface area contributed by atoms with Crippen molar-refractivity contribution < 1.29 is 22.4 Å². The third kappa shape index (κ3) is 5.18. The maximum Gasteiger partial charge on any atom is 0.416 e. The predicted molar refractivity (Wildman–Crippen MR) is 145 cm³/mol. The van der Waals surface area contributed by atoms with Crippen molar-refractivity contribution in [3.05, 3.63) is 83.4 Å². The first-order valence-electron chi connectivity index (χ1n) is 13.1. The summed E-state index contributed by atoms with van der Waals surface area (Å²) in [4.78, 5) is 17.8. The molecule has 3 aromatic carbocycles. The second-order valence-electron chi connectivity index (χ2n) is 10.6. The van der Waals surface area contributed by atoms with Gasteiger partial charge in [-0.2, -0.15) is 18.4 Å². The van der Waals surface area contributed by atoms with E-state index in [4.69, 9.17) is 0 Å². The molecule has 0 aliphatic heterocycles. The fraction of sp³-hybridized carbons (Fsp3) is 0.323. The van der Waals surface area contributed by atoms with Gasteiger partial charge < -0.3 is 9.88 Å². The summed E-state index contributed by atoms with van der Waals surface area (Å²) >= 11 is 0. The van der Waals surface area contributed by atoms with Crippen molar-refractivity contribution >= 4 is 22.6 Å². The summed E-state index contributed by atoms with van der Waals surface area (Å²) in [5, 5.41) is 12.2. The molecule has 0 radical (unpaired) electrons. The quantitative estimate of drug-likeness (QED) is 0.267. The smallest absolute Gasteiger partial charge is 0.331 e. The highest BCUT2D eigenvalue weighted by Gasteiger charge is 2.40. The largest absolute Gasteiger partial charge is 0.416 e. The Morgan fingerprint density at radius 1 is 1.05 bits per heavy atom. The van der Waals surface area contributed by atoms with Crippen molar-refractivity contribution in [1.29, 1.82) is 5.26 Å². The lowest BCUT2D eigenvalue weighted by Crippen LogP contribution is -2.37. The molecule has 4 atom stereocenters. The van der Waals surface area contributed by atoms with Gasteiger partial charge in [0, 0.05) is 18.9 Å². The first-order valence-corrected chi connectivity index (χ1v) is 13.1. The number of halogens is 4. The van der Waals surface area contributed by atoms with E-state index in [1.54, 1.807) is 0 Å². The molecule has 5 nitrogen and oxygen atoms in total. The summed E-state index contributed by atoms with van der Waals surface area (Å²) in [5.41, 5.74) is 3.56. The maximum atomic E-state index is 14.4. The number of hydrogen-bond acceptors (Lipinski definition) is 3. The van der Waals surface area contributed by atoms with E-state index in [0.717, 1.165) is 45.7 Å². The number of nitrogens with zero attached hydrogens (tertiary/aromatic N) is 3. The average molecular weight is 549 g/mol. The lowest BCUT2D eigenvalue weighted by atomic mass is 9.66. The van der Waals surface area contributed by atoms with Crippen LogP contribution in [0.25, 0.3) is 22.2 Å². The molecular weight excluding hydrogens is 520 g/mol. The van der Waals surface area contributed by atoms with Crippen LogP contribution in [0.4, 0.5) is 23.2 Å². The summed E-state index contributed by atoms with van der Waals surface area (Å²) in [5.74, 6) is -2.01. The van der Waals surface area contributed by atoms with E-state index in [2.05, 4.69) is 16.4 Å². The van der Waals surface area contributed by atoms with Crippen molar-refractivity contribution in [2.75, 3.05) is 5.32 Å². The fourth-order valence-electron chi connectivity index (χ4n) is 5.75. The van der Waals surface area contributed by atoms with Crippen molar-refractivity contribution in [1.82, 2.24) is 9.55 Å². The Labute approximate surface area is 229 Å². The number of fused-ring (bicyclic) bond motifs is 1. The number of amides is 1. The molecule has 1 aliphatic rings. The van der Waals surface area contributed by atoms with Gasteiger partial charge in [0.25, 0.3) is 0 Å². The molecule has 1 N–H and O–H groups in total. The van der Waals surface area contributed by atoms with E-state index in [9.17, 15) is 27.6 Å². The molecule has 5 rings (SSSR count). The number of carbonyl (C=O) groups is 1. The highest BCUT2D eigenvalue weighted by molar-refractivity contribution is 5.93. The van der Waals surface area contributed by atoms with Gasteiger partial charge >= 0.3 is 6.18 Å². The first kappa shape index (κ1) is 27.4. The monoisotopic (exact) mass is 548 g/mol. The lowest BCUT2D eigenvalue weighted by Gasteiger charge is -2.38. The Morgan fingerprint density at radius 2 is 1.75 bits per heavy atom. The number of aryl methyl sites for hydroxylation is 2. The summed E-state index contributed by atoms with van der Waals surface area (Å²) in [6, 6.07) is 18.5. The van der Waals surface area contributed by atoms with Crippen LogP contribution in [0.15, 0.2) is 60.7 Å². The molecule has 1 saturated carbocycles. The van der Waals surface area contributed by atoms with E-state index in [-0.39, 0.29) is 23.4 Å². The van der Waals surface area contributed by atoms with Crippen LogP contribution in [0.1, 0.15) is 42.6 Å². The van der Waals surface area contributed by atoms with Crippen LogP contribution in [0.3, 0.4) is 0 Å². The van der Waals surface area contributed by atoms with Gasteiger partial charge in [0.2, 0.25) is 5.91 Å². The minimum absolute atomic E-state index is 0.0958. The zero-order chi connectivity index (χ0) is 28.8. The number of alkyl halides is 3. The molecule has 4 aromatic rings. The normalized spacial score (nSPS) is 21.2. The van der Waals surface area contributed by atoms with E-state index in [1.807, 2.05) is 67.9 Å². The van der Waals surface area contributed by atoms with Crippen LogP contribution in [0.2, 0.25) is 0 Å². The number of carbonyl (C=O) groups excluding carboxylic acids is 1. The molecule has 3 unspecified atom stereocenters. The van der Waals surface area contributed by atoms with Crippen molar-refractivity contribution in [3.8, 4) is 17.2 Å². The topological polar surface area (TPSA) is 70.7 Å². The molecular formula is C31H28F4N4O. The number of nitrogens with one attached hydrogen (secondary N) is 1. The third-order valence-electron chi connectivity index (χ3n) is 8.20. The van der Waals surface area contributed by atoms with Gasteiger partial charge in [0.1, 0.15) is 11.6 Å². The number of anilines is 1. The highest BCUT2D eigenvalue weighted by atomic mass is 19.4. The van der Waals surface area contributed by atoms with Crippen molar-refractivity contribution in [3.63, 3.8) is 0 Å². The van der Waals surface area contributed by atoms with Crippen LogP contribution in [-0.2, 0) is 18.0 Å². The molecule has 0 spiro atoms. The Balaban J connectivity index is 1.36. The van der Waals surface area contributed by atoms with E-state index in [1.165, 1.54) is 0 Å². The zero-order valence-electron chi connectivity index (χ0n) is 22.3. The molecule has 40 heavy (non-hydrogen) atoms. The van der Waals surface area contributed by atoms with Gasteiger partial charge in [-0.1, -0.05) is 37.3 Å². The molecule has 1 fully saturated rings. The first-order chi connectivity index (χ1) is 19.0. The number of imidazole rings is 1. The van der Waals surface area contributed by atoms with Crippen LogP contribution in [-0.4, -0.2) is 15.5 Å². The summed E-state index contributed by atoms with van der Waals surface area (Å²) in [6.45, 7) is 3.89. The minimum atomic E-state index is -4.69. The molecule has 1 aromatic heterocycles. The average Bonchev–Trinajstić information content (AvgIpc) is 3.21. The standard InChI is InChI=1S/C31H28F4N4O/c1-17-24(21-6-4-20(5-7-21)22-8-11-29-28(14-22)37-18(2)39(29)3)12-19(16-36)13-25(17)30(40)38-27-10-9-23(15-26(27)32)31(33,34)35/h4-11,14-15,17,19,24-25H,12-13H2,1-3H3,(H,38,40)/t17-,19?,24?,25?/m1/s1. The highest BCUT2D eigenvalue weighted by Crippen LogP contribution is 2.44. The van der Waals surface area contributed by atoms with E-state index in [0.29, 0.717) is 18.9 Å². The second kappa shape index (κ2) is 10.4. The van der Waals surface area contributed by atoms with Crippen LogP contribution >= 0.6 is 0 Å². The van der Waals surface area contributed by atoms with E-state index < -0.39 is 29.4 Å². The van der Waals surface area contributed by atoms with Gasteiger partial charge in [-0.3, -0.25) is 4.79 Å². The summed E-state index contributed by atoms with van der Waals surface area (Å²) in [7, 11) is 1.98. The Morgan fingerprint density at radius 3 is 2.40 bits per heavy atom. The third-order valence-corrected chi connectivity index (χ3v) is 8.20. The molecule has 206 valence electrons. The number of aromatic nitrogens is 2. The Hall–Kier alpha value is -4.19. The SMILES string of the molecule is Cc1nc2cc(-c3ccc(C4CC(C#N)CC(C(=O)Nc5ccc(C(F)(F)F)cc5F)[C@@H]4C)cc3)ccc2n1C. The van der Waals surface area contributed by atoms with Gasteiger partial charge in [-0.25, -0.2) is 9.37 Å². The molecule has 1 aliphatic carbocycles. The Bertz CT molecular complexity index is 1620. The van der Waals surface area contributed by atoms with Gasteiger partial charge in [-0.15, -0.1) is 0 Å². The van der Waals surface area contributed by atoms with Crippen molar-refractivity contribution in [2.45, 2.75) is 38.8 Å². The number of nitriles is 1. The second-order valence-corrected chi connectivity index (χ2v) is 10.6. The number of hydrogen-bond donors (Lipinski definition) is 1. The van der Waals surface area contributed by atoms with E-state index >= 15 is 0 Å². The lowest BCUT2D eigenvalue weighted by molar-refractivity contribution is -0.137. The van der Waals surface area contributed by atoms with Gasteiger partial charge in [0.05, 0.1) is 28.4 Å². The van der Waals surface area contributed by atoms with Crippen molar-refractivity contribution in [2.24, 2.45) is 24.8 Å². The van der Waals surface area contributed by atoms with Crippen LogP contribution in [0, 0.1) is 41.8 Å². The summed E-state index contributed by atoms with van der Waals surface area (Å²) < 4.78 is 55.1. The van der Waals surface area contributed by atoms with Crippen LogP contribution in [0.5, 0.6) is 0 Å². The maximum absolute atomic E-state index is 14.4. The molecule has 1 amide bonds. The Kier molecular flexibility index (Phi) is 7.13. The van der Waals surface area contributed by atoms with Gasteiger partial charge in [0.15, 0.2) is 0 Å². The molecule has 1 heterocycles. The number of rotatable bonds is 4. The molecule has 9 heteroatoms. The number of benzene rings is 3. The van der Waals surface area contributed by atoms with Gasteiger partial charge in [-0.05, 0) is 78.6 Å². The molecule has 0 bridgehead atoms. The fourth-order valence-corrected chi connectivity index (χ4v) is 5.75.